The highest BCUT2D eigenvalue weighted by Crippen LogP contribution is 2.76. The molecule has 0 spiro atoms. The number of aromatic carboxylic acids is 1. The van der Waals surface area contributed by atoms with E-state index in [0.29, 0.717) is 48.2 Å². The van der Waals surface area contributed by atoms with Crippen molar-refractivity contribution in [3.8, 4) is 0 Å². The van der Waals surface area contributed by atoms with Gasteiger partial charge in [-0.05, 0) is 132 Å². The number of rotatable bonds is 6. The van der Waals surface area contributed by atoms with E-state index in [4.69, 9.17) is 0 Å². The van der Waals surface area contributed by atoms with Crippen molar-refractivity contribution >= 4 is 27.3 Å². The van der Waals surface area contributed by atoms with Crippen molar-refractivity contribution in [2.24, 2.45) is 51.2 Å². The van der Waals surface area contributed by atoms with E-state index in [1.165, 1.54) is 31.3 Å². The molecule has 7 nitrogen and oxygen atoms in total. The molecule has 4 unspecified atom stereocenters. The molecule has 8 heteroatoms. The number of amides is 1. The van der Waals surface area contributed by atoms with Crippen LogP contribution in [0.2, 0.25) is 0 Å². The largest absolute Gasteiger partial charge is 0.478 e. The summed E-state index contributed by atoms with van der Waals surface area (Å²) in [4.78, 5) is 27.2. The zero-order valence-electron chi connectivity index (χ0n) is 30.4. The van der Waals surface area contributed by atoms with E-state index in [9.17, 15) is 23.1 Å². The van der Waals surface area contributed by atoms with E-state index in [2.05, 4.69) is 58.7 Å². The van der Waals surface area contributed by atoms with Crippen molar-refractivity contribution < 1.29 is 23.1 Å². The Morgan fingerprint density at radius 3 is 2.27 bits per heavy atom. The third-order valence-corrected chi connectivity index (χ3v) is 17.6. The monoisotopic (exact) mass is 690 g/mol. The van der Waals surface area contributed by atoms with Gasteiger partial charge in [0.15, 0.2) is 9.84 Å². The third kappa shape index (κ3) is 5.31. The van der Waals surface area contributed by atoms with Crippen molar-refractivity contribution in [3.05, 3.63) is 54.1 Å². The highest BCUT2D eigenvalue weighted by molar-refractivity contribution is 7.91. The molecule has 9 atom stereocenters. The second-order valence-corrected chi connectivity index (χ2v) is 20.5. The molecule has 49 heavy (non-hydrogen) atoms. The standard InChI is InChI=1S/C41H58N2O5S/c1-7-27-14-19-41(42-34(44)26-43-22-24-49(47,48)25-23-43)21-20-39(5)31(35(27)41)12-13-33-38(4)17-15-30(28-8-10-29(11-9-28)36(45)46)37(2,3)32(38)16-18-40(33,39)6/h7-11,15,27,31-33,35H,1,12-14,16-26H2,2-6H3,(H,42,44)(H,45,46)/t27-,31?,32?,33?,35?,38+,39-,40-,41+/m1/s1. The van der Waals surface area contributed by atoms with Gasteiger partial charge in [-0.15, -0.1) is 6.58 Å². The molecule has 1 aromatic carbocycles. The van der Waals surface area contributed by atoms with Crippen LogP contribution in [0, 0.1) is 51.2 Å². The van der Waals surface area contributed by atoms with E-state index < -0.39 is 15.8 Å². The van der Waals surface area contributed by atoms with Gasteiger partial charge in [-0.1, -0.05) is 58.9 Å². The Hall–Kier alpha value is -2.45. The lowest BCUT2D eigenvalue weighted by atomic mass is 9.33. The number of carboxylic acid groups (broad SMARTS) is 1. The molecule has 0 aromatic heterocycles. The van der Waals surface area contributed by atoms with Crippen LogP contribution in [0.25, 0.3) is 5.57 Å². The maximum atomic E-state index is 13.7. The SMILES string of the molecule is C=C[C@@H]1CC[C@]2(NC(=O)CN3CCS(=O)(=O)CC3)CC[C@]3(C)C(CCC4[C@@]5(C)CC=C(c6ccc(C(=O)O)cc6)C(C)(C)C5CC[C@]43C)C12. The van der Waals surface area contributed by atoms with Crippen LogP contribution in [-0.4, -0.2) is 67.0 Å². The summed E-state index contributed by atoms with van der Waals surface area (Å²) in [6.07, 6.45) is 14.7. The highest BCUT2D eigenvalue weighted by Gasteiger charge is 2.70. The fraction of sp³-hybridized carbons (Fsp3) is 0.707. The Labute approximate surface area is 294 Å². The zero-order chi connectivity index (χ0) is 35.2. The number of carboxylic acids is 1. The average molecular weight is 691 g/mol. The first-order valence-electron chi connectivity index (χ1n) is 18.9. The predicted molar refractivity (Wildman–Crippen MR) is 195 cm³/mol. The number of nitrogens with zero attached hydrogens (tertiary/aromatic N) is 1. The Kier molecular flexibility index (Phi) is 8.42. The first-order chi connectivity index (χ1) is 23.0. The molecule has 5 aliphatic carbocycles. The molecule has 1 amide bonds. The summed E-state index contributed by atoms with van der Waals surface area (Å²) in [5.74, 6) is 1.87. The van der Waals surface area contributed by atoms with Gasteiger partial charge in [0.2, 0.25) is 5.91 Å². The van der Waals surface area contributed by atoms with E-state index in [0.717, 1.165) is 37.7 Å². The van der Waals surface area contributed by atoms with Crippen molar-refractivity contribution in [1.82, 2.24) is 10.2 Å². The number of benzene rings is 1. The molecule has 1 saturated heterocycles. The van der Waals surface area contributed by atoms with Crippen LogP contribution in [-0.2, 0) is 14.6 Å². The summed E-state index contributed by atoms with van der Waals surface area (Å²) < 4.78 is 24.0. The van der Waals surface area contributed by atoms with E-state index >= 15 is 0 Å². The molecule has 6 aliphatic rings. The summed E-state index contributed by atoms with van der Waals surface area (Å²) in [6, 6.07) is 7.49. The second-order valence-electron chi connectivity index (χ2n) is 18.2. The molecule has 5 fully saturated rings. The number of fused-ring (bicyclic) bond motifs is 7. The Balaban J connectivity index is 1.15. The van der Waals surface area contributed by atoms with Gasteiger partial charge in [-0.25, -0.2) is 13.2 Å². The minimum absolute atomic E-state index is 0.0270. The van der Waals surface area contributed by atoms with Gasteiger partial charge in [0.1, 0.15) is 0 Å². The second kappa shape index (κ2) is 11.8. The molecule has 1 aromatic rings. The van der Waals surface area contributed by atoms with E-state index in [1.54, 1.807) is 12.1 Å². The number of carbonyl (C=O) groups is 2. The summed E-state index contributed by atoms with van der Waals surface area (Å²) in [7, 11) is -2.98. The van der Waals surface area contributed by atoms with Crippen LogP contribution in [0.4, 0.5) is 0 Å². The Bertz CT molecular complexity index is 1650. The molecule has 0 radical (unpaired) electrons. The van der Waals surface area contributed by atoms with E-state index in [1.807, 2.05) is 17.0 Å². The maximum Gasteiger partial charge on any atom is 0.335 e. The number of nitrogens with one attached hydrogen (secondary N) is 1. The third-order valence-electron chi connectivity index (χ3n) is 16.0. The predicted octanol–water partition coefficient (Wildman–Crippen LogP) is 7.24. The smallest absolute Gasteiger partial charge is 0.335 e. The Morgan fingerprint density at radius 2 is 1.61 bits per heavy atom. The molecule has 2 N–H and O–H groups in total. The zero-order valence-corrected chi connectivity index (χ0v) is 31.2. The minimum Gasteiger partial charge on any atom is -0.478 e. The summed E-state index contributed by atoms with van der Waals surface area (Å²) in [5, 5.41) is 13.1. The van der Waals surface area contributed by atoms with E-state index in [-0.39, 0.29) is 51.2 Å². The molecule has 7 rings (SSSR count). The van der Waals surface area contributed by atoms with Gasteiger partial charge in [-0.3, -0.25) is 9.69 Å². The van der Waals surface area contributed by atoms with Gasteiger partial charge in [0.05, 0.1) is 23.6 Å². The number of carbonyl (C=O) groups excluding carboxylic acids is 1. The number of hydrogen-bond acceptors (Lipinski definition) is 5. The van der Waals surface area contributed by atoms with Gasteiger partial charge in [0, 0.05) is 18.6 Å². The van der Waals surface area contributed by atoms with Gasteiger partial charge < -0.3 is 10.4 Å². The maximum absolute atomic E-state index is 13.7. The van der Waals surface area contributed by atoms with Crippen molar-refractivity contribution in [3.63, 3.8) is 0 Å². The number of allylic oxidation sites excluding steroid dienone is 3. The Morgan fingerprint density at radius 1 is 0.918 bits per heavy atom. The first kappa shape index (κ1) is 35.0. The van der Waals surface area contributed by atoms with Crippen LogP contribution < -0.4 is 5.32 Å². The normalized spacial score (nSPS) is 42.4. The van der Waals surface area contributed by atoms with Gasteiger partial charge in [-0.2, -0.15) is 0 Å². The van der Waals surface area contributed by atoms with Gasteiger partial charge in [0.25, 0.3) is 0 Å². The molecule has 268 valence electrons. The molecule has 1 heterocycles. The summed E-state index contributed by atoms with van der Waals surface area (Å²) in [6.45, 7) is 18.2. The van der Waals surface area contributed by atoms with Crippen LogP contribution >= 0.6 is 0 Å². The van der Waals surface area contributed by atoms with Crippen LogP contribution in [0.3, 0.4) is 0 Å². The van der Waals surface area contributed by atoms with Crippen LogP contribution in [0.1, 0.15) is 108 Å². The topological polar surface area (TPSA) is 104 Å². The number of hydrogen-bond donors (Lipinski definition) is 2. The lowest BCUT2D eigenvalue weighted by Crippen LogP contribution is -2.68. The first-order valence-corrected chi connectivity index (χ1v) is 20.7. The number of sulfone groups is 1. The van der Waals surface area contributed by atoms with Crippen molar-refractivity contribution in [2.45, 2.75) is 97.9 Å². The molecular formula is C41H58N2O5S. The van der Waals surface area contributed by atoms with Crippen molar-refractivity contribution in [1.29, 1.82) is 0 Å². The lowest BCUT2D eigenvalue weighted by Gasteiger charge is -2.72. The fourth-order valence-corrected chi connectivity index (χ4v) is 14.7. The van der Waals surface area contributed by atoms with Gasteiger partial charge >= 0.3 is 5.97 Å². The average Bonchev–Trinajstić information content (AvgIpc) is 3.40. The fourth-order valence-electron chi connectivity index (χ4n) is 13.4. The summed E-state index contributed by atoms with van der Waals surface area (Å²) in [5.41, 5.74) is 3.12. The lowest BCUT2D eigenvalue weighted by molar-refractivity contribution is -0.219. The van der Waals surface area contributed by atoms with Crippen LogP contribution in [0.5, 0.6) is 0 Å². The van der Waals surface area contributed by atoms with Crippen LogP contribution in [0.15, 0.2) is 43.0 Å². The highest BCUT2D eigenvalue weighted by atomic mass is 32.2. The minimum atomic E-state index is -2.98. The molecule has 1 aliphatic heterocycles. The molecular weight excluding hydrogens is 633 g/mol. The van der Waals surface area contributed by atoms with Crippen molar-refractivity contribution in [2.75, 3.05) is 31.1 Å². The molecule has 4 saturated carbocycles. The molecule has 0 bridgehead atoms. The summed E-state index contributed by atoms with van der Waals surface area (Å²) >= 11 is 0. The quantitative estimate of drug-likeness (QED) is 0.305.